The van der Waals surface area contributed by atoms with Crippen molar-refractivity contribution in [2.75, 3.05) is 11.9 Å². The Kier molecular flexibility index (Phi) is 5.65. The lowest BCUT2D eigenvalue weighted by Gasteiger charge is -2.16. The maximum Gasteiger partial charge on any atom is 0.359 e. The van der Waals surface area contributed by atoms with Crippen LogP contribution >= 0.6 is 0 Å². The first-order valence-corrected chi connectivity index (χ1v) is 8.63. The lowest BCUT2D eigenvalue weighted by Crippen LogP contribution is -2.19. The van der Waals surface area contributed by atoms with Gasteiger partial charge in [-0.1, -0.05) is 6.07 Å². The Morgan fingerprint density at radius 2 is 2.30 bits per heavy atom. The molecule has 2 heterocycles. The average Bonchev–Trinajstić information content (AvgIpc) is 2.69. The first-order chi connectivity index (χ1) is 13.1. The van der Waals surface area contributed by atoms with Gasteiger partial charge >= 0.3 is 11.6 Å². The van der Waals surface area contributed by atoms with Crippen LogP contribution in [0.4, 0.5) is 5.69 Å². The number of fused-ring (bicyclic) bond motifs is 1. The highest BCUT2D eigenvalue weighted by Gasteiger charge is 2.21. The molecule has 0 bridgehead atoms. The number of esters is 1. The summed E-state index contributed by atoms with van der Waals surface area (Å²) < 4.78 is 10.5. The second kappa shape index (κ2) is 8.31. The average molecular weight is 368 g/mol. The Hall–Kier alpha value is -3.42. The van der Waals surface area contributed by atoms with Crippen molar-refractivity contribution < 1.29 is 13.9 Å². The van der Waals surface area contributed by atoms with E-state index in [1.807, 2.05) is 0 Å². The molecule has 0 atom stereocenters. The van der Waals surface area contributed by atoms with Crippen LogP contribution in [-0.2, 0) is 16.0 Å². The van der Waals surface area contributed by atoms with E-state index in [2.05, 4.69) is 15.4 Å². The molecule has 0 aliphatic heterocycles. The van der Waals surface area contributed by atoms with Gasteiger partial charge in [-0.3, -0.25) is 4.98 Å². The fraction of sp³-hybridized carbons (Fsp3) is 0.263. The van der Waals surface area contributed by atoms with Crippen LogP contribution in [0.2, 0.25) is 0 Å². The third kappa shape index (κ3) is 4.05. The molecule has 0 radical (unpaired) electrons. The van der Waals surface area contributed by atoms with Crippen LogP contribution in [0.25, 0.3) is 5.57 Å². The lowest BCUT2D eigenvalue weighted by atomic mass is 9.95. The molecule has 0 saturated carbocycles. The van der Waals surface area contributed by atoms with Crippen LogP contribution < -0.4 is 16.8 Å². The summed E-state index contributed by atoms with van der Waals surface area (Å²) in [5.74, 6) is 5.47. The molecule has 27 heavy (non-hydrogen) atoms. The van der Waals surface area contributed by atoms with Crippen molar-refractivity contribution in [1.82, 2.24) is 4.98 Å². The van der Waals surface area contributed by atoms with Crippen molar-refractivity contribution in [2.24, 2.45) is 10.9 Å². The standard InChI is InChI=1S/C19H20N4O4/c1-2-26-18(24)13(14-6-3-4-9-21-14)11-22-16-10-12-15(23-20)7-5-8-17(12)27-19(16)25/h3-4,6,9-11,22H,2,5,7-8,20H2,1H3/b13-11+,23-15+. The predicted molar refractivity (Wildman–Crippen MR) is 101 cm³/mol. The highest BCUT2D eigenvalue weighted by molar-refractivity contribution is 6.16. The number of hydrazone groups is 1. The highest BCUT2D eigenvalue weighted by atomic mass is 16.5. The topological polar surface area (TPSA) is 120 Å². The molecule has 0 amide bonds. The molecule has 2 aromatic rings. The van der Waals surface area contributed by atoms with Crippen LogP contribution in [0, 0.1) is 0 Å². The number of hydrogen-bond donors (Lipinski definition) is 2. The Balaban J connectivity index is 1.97. The van der Waals surface area contributed by atoms with E-state index in [0.29, 0.717) is 35.6 Å². The van der Waals surface area contributed by atoms with E-state index in [0.717, 1.165) is 6.42 Å². The number of aryl methyl sites for hydroxylation is 1. The van der Waals surface area contributed by atoms with Gasteiger partial charge in [0.1, 0.15) is 17.0 Å². The number of aromatic nitrogens is 1. The molecule has 2 aromatic heterocycles. The molecule has 0 saturated heterocycles. The first kappa shape index (κ1) is 18.4. The summed E-state index contributed by atoms with van der Waals surface area (Å²) in [7, 11) is 0. The van der Waals surface area contributed by atoms with Gasteiger partial charge in [-0.15, -0.1) is 0 Å². The number of nitrogens with zero attached hydrogens (tertiary/aromatic N) is 2. The van der Waals surface area contributed by atoms with Crippen molar-refractivity contribution in [3.05, 3.63) is 64.1 Å². The second-order valence-electron chi connectivity index (χ2n) is 5.85. The quantitative estimate of drug-likeness (QED) is 0.359. The maximum atomic E-state index is 12.3. The molecule has 3 N–H and O–H groups in total. The van der Waals surface area contributed by atoms with Crippen LogP contribution in [0.1, 0.15) is 36.8 Å². The Morgan fingerprint density at radius 3 is 3.00 bits per heavy atom. The molecule has 8 heteroatoms. The monoisotopic (exact) mass is 368 g/mol. The van der Waals surface area contributed by atoms with Gasteiger partial charge in [0.15, 0.2) is 0 Å². The molecule has 3 rings (SSSR count). The molecule has 1 aliphatic carbocycles. The Labute approximate surface area is 155 Å². The van der Waals surface area contributed by atoms with Gasteiger partial charge in [-0.05, 0) is 38.0 Å². The van der Waals surface area contributed by atoms with Crippen LogP contribution in [0.5, 0.6) is 0 Å². The number of nitrogens with one attached hydrogen (secondary N) is 1. The van der Waals surface area contributed by atoms with Crippen LogP contribution in [0.15, 0.2) is 51.0 Å². The smallest absolute Gasteiger partial charge is 0.359 e. The number of pyridine rings is 1. The normalized spacial score (nSPS) is 15.3. The summed E-state index contributed by atoms with van der Waals surface area (Å²) in [6, 6.07) is 6.82. The minimum absolute atomic E-state index is 0.175. The van der Waals surface area contributed by atoms with Gasteiger partial charge in [-0.2, -0.15) is 5.10 Å². The third-order valence-electron chi connectivity index (χ3n) is 4.12. The van der Waals surface area contributed by atoms with E-state index in [-0.39, 0.29) is 17.9 Å². The number of ether oxygens (including phenoxy) is 1. The molecule has 140 valence electrons. The summed E-state index contributed by atoms with van der Waals surface area (Å²) in [6.07, 6.45) is 5.16. The fourth-order valence-corrected chi connectivity index (χ4v) is 2.84. The second-order valence-corrected chi connectivity index (χ2v) is 5.85. The fourth-order valence-electron chi connectivity index (χ4n) is 2.84. The molecule has 0 fully saturated rings. The van der Waals surface area contributed by atoms with Gasteiger partial charge in [0.05, 0.1) is 18.0 Å². The third-order valence-corrected chi connectivity index (χ3v) is 4.12. The molecular formula is C19H20N4O4. The van der Waals surface area contributed by atoms with Gasteiger partial charge in [0, 0.05) is 24.4 Å². The van der Waals surface area contributed by atoms with E-state index in [9.17, 15) is 9.59 Å². The number of hydrogen-bond acceptors (Lipinski definition) is 8. The number of carbonyl (C=O) groups excluding carboxylic acids is 1. The van der Waals surface area contributed by atoms with Crippen LogP contribution in [-0.4, -0.2) is 23.3 Å². The Bertz CT molecular complexity index is 948. The summed E-state index contributed by atoms with van der Waals surface area (Å²) in [4.78, 5) is 28.7. The van der Waals surface area contributed by atoms with Crippen LogP contribution in [0.3, 0.4) is 0 Å². The minimum Gasteiger partial charge on any atom is -0.462 e. The first-order valence-electron chi connectivity index (χ1n) is 8.63. The summed E-state index contributed by atoms with van der Waals surface area (Å²) in [6.45, 7) is 1.94. The Morgan fingerprint density at radius 1 is 1.44 bits per heavy atom. The van der Waals surface area contributed by atoms with Crippen molar-refractivity contribution in [3.63, 3.8) is 0 Å². The highest BCUT2D eigenvalue weighted by Crippen LogP contribution is 2.23. The summed E-state index contributed by atoms with van der Waals surface area (Å²) in [5.41, 5.74) is 1.65. The van der Waals surface area contributed by atoms with E-state index in [4.69, 9.17) is 15.0 Å². The molecule has 0 spiro atoms. The number of anilines is 1. The van der Waals surface area contributed by atoms with E-state index < -0.39 is 11.6 Å². The van der Waals surface area contributed by atoms with Crippen molar-refractivity contribution in [2.45, 2.75) is 26.2 Å². The van der Waals surface area contributed by atoms with Gasteiger partial charge in [0.2, 0.25) is 0 Å². The molecule has 0 aromatic carbocycles. The summed E-state index contributed by atoms with van der Waals surface area (Å²) >= 11 is 0. The summed E-state index contributed by atoms with van der Waals surface area (Å²) in [5, 5.41) is 6.62. The minimum atomic E-state index is -0.546. The van der Waals surface area contributed by atoms with Crippen molar-refractivity contribution in [3.8, 4) is 0 Å². The lowest BCUT2D eigenvalue weighted by molar-refractivity contribution is -0.136. The zero-order valence-electron chi connectivity index (χ0n) is 14.9. The predicted octanol–water partition coefficient (Wildman–Crippen LogP) is 2.05. The number of rotatable bonds is 5. The SMILES string of the molecule is CCOC(=O)/C(=C/Nc1cc2c(oc1=O)CCC/C2=N\N)c1ccccn1. The zero-order chi connectivity index (χ0) is 19.2. The van der Waals surface area contributed by atoms with Gasteiger partial charge in [-0.25, -0.2) is 9.59 Å². The molecule has 8 nitrogen and oxygen atoms in total. The maximum absolute atomic E-state index is 12.3. The van der Waals surface area contributed by atoms with Crippen molar-refractivity contribution in [1.29, 1.82) is 0 Å². The number of nitrogens with two attached hydrogens (primary N) is 1. The van der Waals surface area contributed by atoms with E-state index >= 15 is 0 Å². The van der Waals surface area contributed by atoms with E-state index in [1.54, 1.807) is 37.4 Å². The zero-order valence-corrected chi connectivity index (χ0v) is 14.9. The number of carbonyl (C=O) groups is 1. The van der Waals surface area contributed by atoms with Crippen molar-refractivity contribution >= 4 is 22.9 Å². The molecule has 1 aliphatic rings. The van der Waals surface area contributed by atoms with Gasteiger partial charge < -0.3 is 20.3 Å². The molecule has 0 unspecified atom stereocenters. The van der Waals surface area contributed by atoms with Gasteiger partial charge in [0.25, 0.3) is 0 Å². The molecular weight excluding hydrogens is 348 g/mol. The van der Waals surface area contributed by atoms with E-state index in [1.165, 1.54) is 6.20 Å². The largest absolute Gasteiger partial charge is 0.462 e.